The molecule has 1 aliphatic heterocycles. The number of nitrogens with one attached hydrogen (secondary N) is 2. The van der Waals surface area contributed by atoms with E-state index in [1.54, 1.807) is 35.6 Å². The molecule has 3 heterocycles. The molecule has 1 saturated heterocycles. The number of benzene rings is 2. The molecule has 3 unspecified atom stereocenters. The average Bonchev–Trinajstić information content (AvgIpc) is 3.79. The van der Waals surface area contributed by atoms with Crippen LogP contribution in [-0.2, 0) is 19.5 Å². The Morgan fingerprint density at radius 1 is 1.07 bits per heavy atom. The molecule has 0 radical (unpaired) electrons. The maximum absolute atomic E-state index is 13.5. The minimum absolute atomic E-state index is 0.0629. The van der Waals surface area contributed by atoms with Crippen LogP contribution in [0.4, 0.5) is 0 Å². The van der Waals surface area contributed by atoms with Crippen molar-refractivity contribution in [2.45, 2.75) is 57.5 Å². The van der Waals surface area contributed by atoms with Gasteiger partial charge in [-0.2, -0.15) is 5.10 Å². The van der Waals surface area contributed by atoms with Crippen LogP contribution in [-0.4, -0.2) is 56.8 Å². The fourth-order valence-electron chi connectivity index (χ4n) is 5.33. The summed E-state index contributed by atoms with van der Waals surface area (Å²) in [5.74, 6) is -0.382. The summed E-state index contributed by atoms with van der Waals surface area (Å²) in [5.41, 5.74) is 2.94. The van der Waals surface area contributed by atoms with Gasteiger partial charge in [0.2, 0.25) is 0 Å². The quantitative estimate of drug-likeness (QED) is 0.234. The van der Waals surface area contributed by atoms with Crippen LogP contribution in [0, 0.1) is 0 Å². The van der Waals surface area contributed by atoms with Crippen molar-refractivity contribution in [1.29, 1.82) is 0 Å². The number of aliphatic hydroxyl groups is 1. The Hall–Kier alpha value is -3.79. The van der Waals surface area contributed by atoms with Crippen molar-refractivity contribution >= 4 is 23.2 Å². The predicted molar refractivity (Wildman–Crippen MR) is 161 cm³/mol. The molecule has 0 aliphatic carbocycles. The van der Waals surface area contributed by atoms with E-state index in [9.17, 15) is 14.7 Å². The number of rotatable bonds is 12. The second-order valence-electron chi connectivity index (χ2n) is 10.4. The molecule has 5 rings (SSSR count). The molecule has 2 amide bonds. The third kappa shape index (κ3) is 7.30. The maximum Gasteiger partial charge on any atom is 0.254 e. The van der Waals surface area contributed by atoms with Gasteiger partial charge in [-0.3, -0.25) is 14.3 Å². The minimum atomic E-state index is -0.832. The first kappa shape index (κ1) is 28.7. The highest BCUT2D eigenvalue weighted by Crippen LogP contribution is 2.35. The molecule has 8 nitrogen and oxygen atoms in total. The number of hydrogen-bond acceptors (Lipinski definition) is 6. The molecule has 0 bridgehead atoms. The van der Waals surface area contributed by atoms with E-state index >= 15 is 0 Å². The van der Waals surface area contributed by atoms with Gasteiger partial charge in [-0.25, -0.2) is 0 Å². The largest absolute Gasteiger partial charge is 0.390 e. The van der Waals surface area contributed by atoms with E-state index in [1.165, 1.54) is 4.88 Å². The third-order valence-corrected chi connectivity index (χ3v) is 8.50. The summed E-state index contributed by atoms with van der Waals surface area (Å²) in [6, 6.07) is 20.3. The van der Waals surface area contributed by atoms with Crippen molar-refractivity contribution in [1.82, 2.24) is 25.3 Å². The number of carbonyl (C=O) groups is 2. The standard InChI is InChI=1S/C32H37N5O3S/c1-2-36-22-24(20-34-36)19-33-21-29(38)27(17-23-9-4-3-5-10-23)35-31(39)25-11-6-12-26(18-25)32(40)37-15-7-13-28(37)30-14-8-16-41-30/h3-6,8-12,14,16,18,20,22,27-29,33,38H,2,7,13,15,17,19,21H2,1H3,(H,35,39). The van der Waals surface area contributed by atoms with Crippen LogP contribution >= 0.6 is 11.3 Å². The summed E-state index contributed by atoms with van der Waals surface area (Å²) < 4.78 is 1.86. The van der Waals surface area contributed by atoms with E-state index in [0.29, 0.717) is 37.2 Å². The third-order valence-electron chi connectivity index (χ3n) is 7.53. The monoisotopic (exact) mass is 571 g/mol. The van der Waals surface area contributed by atoms with Crippen molar-refractivity contribution in [2.24, 2.45) is 0 Å². The topological polar surface area (TPSA) is 99.5 Å². The van der Waals surface area contributed by atoms with Gasteiger partial charge in [0.25, 0.3) is 11.8 Å². The summed E-state index contributed by atoms with van der Waals surface area (Å²) in [6.07, 6.45) is 5.33. The van der Waals surface area contributed by atoms with Crippen LogP contribution < -0.4 is 10.6 Å². The Kier molecular flexibility index (Phi) is 9.61. The zero-order chi connectivity index (χ0) is 28.6. The molecular weight excluding hydrogens is 534 g/mol. The van der Waals surface area contributed by atoms with Gasteiger partial charge in [0, 0.05) is 53.9 Å². The highest BCUT2D eigenvalue weighted by atomic mass is 32.1. The normalized spacial score (nSPS) is 16.4. The molecule has 3 N–H and O–H groups in total. The van der Waals surface area contributed by atoms with Crippen molar-refractivity contribution < 1.29 is 14.7 Å². The Morgan fingerprint density at radius 2 is 1.90 bits per heavy atom. The van der Waals surface area contributed by atoms with Gasteiger partial charge in [-0.15, -0.1) is 11.3 Å². The molecule has 3 atom stereocenters. The van der Waals surface area contributed by atoms with Crippen LogP contribution in [0.25, 0.3) is 0 Å². The molecule has 2 aromatic heterocycles. The predicted octanol–water partition coefficient (Wildman–Crippen LogP) is 4.43. The Bertz CT molecular complexity index is 1420. The first-order valence-corrected chi connectivity index (χ1v) is 15.1. The van der Waals surface area contributed by atoms with E-state index in [0.717, 1.165) is 30.5 Å². The lowest BCUT2D eigenvalue weighted by atomic mass is 10.00. The van der Waals surface area contributed by atoms with Gasteiger partial charge in [-0.1, -0.05) is 42.5 Å². The molecule has 1 aliphatic rings. The number of aliphatic hydroxyl groups excluding tert-OH is 1. The number of carbonyl (C=O) groups excluding carboxylic acids is 2. The van der Waals surface area contributed by atoms with Gasteiger partial charge < -0.3 is 20.6 Å². The van der Waals surface area contributed by atoms with E-state index in [4.69, 9.17) is 0 Å². The van der Waals surface area contributed by atoms with Crippen LogP contribution in [0.3, 0.4) is 0 Å². The molecular formula is C32H37N5O3S. The first-order chi connectivity index (χ1) is 20.0. The number of aromatic nitrogens is 2. The highest BCUT2D eigenvalue weighted by Gasteiger charge is 2.31. The van der Waals surface area contributed by atoms with Gasteiger partial charge in [0.05, 0.1) is 24.4 Å². The number of likely N-dealkylation sites (tertiary alicyclic amines) is 1. The van der Waals surface area contributed by atoms with Crippen LogP contribution in [0.2, 0.25) is 0 Å². The van der Waals surface area contributed by atoms with Gasteiger partial charge in [0.15, 0.2) is 0 Å². The van der Waals surface area contributed by atoms with Crippen molar-refractivity contribution in [3.63, 3.8) is 0 Å². The molecule has 0 spiro atoms. The number of nitrogens with zero attached hydrogens (tertiary/aromatic N) is 3. The second kappa shape index (κ2) is 13.7. The molecule has 1 fully saturated rings. The number of thiophene rings is 1. The maximum atomic E-state index is 13.5. The minimum Gasteiger partial charge on any atom is -0.390 e. The lowest BCUT2D eigenvalue weighted by molar-refractivity contribution is 0.0737. The number of amides is 2. The summed E-state index contributed by atoms with van der Waals surface area (Å²) in [7, 11) is 0. The van der Waals surface area contributed by atoms with Crippen LogP contribution in [0.1, 0.15) is 62.5 Å². The van der Waals surface area contributed by atoms with E-state index in [1.807, 2.05) is 70.7 Å². The van der Waals surface area contributed by atoms with E-state index in [-0.39, 0.29) is 17.9 Å². The smallest absolute Gasteiger partial charge is 0.254 e. The fraction of sp³-hybridized carbons (Fsp3) is 0.344. The molecule has 9 heteroatoms. The zero-order valence-electron chi connectivity index (χ0n) is 23.3. The fourth-order valence-corrected chi connectivity index (χ4v) is 6.20. The van der Waals surface area contributed by atoms with Crippen LogP contribution in [0.5, 0.6) is 0 Å². The Balaban J connectivity index is 1.26. The molecule has 41 heavy (non-hydrogen) atoms. The summed E-state index contributed by atoms with van der Waals surface area (Å²) in [5, 5.41) is 23.8. The second-order valence-corrected chi connectivity index (χ2v) is 11.4. The summed E-state index contributed by atoms with van der Waals surface area (Å²) in [4.78, 5) is 30.1. The Morgan fingerprint density at radius 3 is 2.66 bits per heavy atom. The SMILES string of the molecule is CCn1cc(CNCC(O)C(Cc2ccccc2)NC(=O)c2cccc(C(=O)N3CCCC3c3cccs3)c2)cn1. The summed E-state index contributed by atoms with van der Waals surface area (Å²) >= 11 is 1.67. The van der Waals surface area contributed by atoms with Crippen molar-refractivity contribution in [2.75, 3.05) is 13.1 Å². The average molecular weight is 572 g/mol. The van der Waals surface area contributed by atoms with E-state index in [2.05, 4.69) is 21.8 Å². The van der Waals surface area contributed by atoms with Gasteiger partial charge in [0.1, 0.15) is 0 Å². The lowest BCUT2D eigenvalue weighted by Crippen LogP contribution is -2.48. The van der Waals surface area contributed by atoms with Crippen molar-refractivity contribution in [3.05, 3.63) is 112 Å². The first-order valence-electron chi connectivity index (χ1n) is 14.2. The van der Waals surface area contributed by atoms with E-state index < -0.39 is 12.1 Å². The van der Waals surface area contributed by atoms with Gasteiger partial charge >= 0.3 is 0 Å². The molecule has 0 saturated carbocycles. The molecule has 2 aromatic carbocycles. The van der Waals surface area contributed by atoms with Crippen molar-refractivity contribution in [3.8, 4) is 0 Å². The zero-order valence-corrected chi connectivity index (χ0v) is 24.1. The Labute approximate surface area is 245 Å². The number of hydrogen-bond donors (Lipinski definition) is 3. The lowest BCUT2D eigenvalue weighted by Gasteiger charge is -2.25. The molecule has 4 aromatic rings. The van der Waals surface area contributed by atoms with Gasteiger partial charge in [-0.05, 0) is 61.4 Å². The summed E-state index contributed by atoms with van der Waals surface area (Å²) in [6.45, 7) is 4.40. The van der Waals surface area contributed by atoms with Crippen LogP contribution in [0.15, 0.2) is 84.5 Å². The molecule has 214 valence electrons. The highest BCUT2D eigenvalue weighted by molar-refractivity contribution is 7.10. The number of aryl methyl sites for hydroxylation is 1.